The Balaban J connectivity index is 1.77. The molecular formula is C19H26N2O3. The van der Waals surface area contributed by atoms with Crippen LogP contribution in [0.15, 0.2) is 6.08 Å². The first-order valence-corrected chi connectivity index (χ1v) is 8.93. The van der Waals surface area contributed by atoms with Crippen LogP contribution >= 0.6 is 0 Å². The van der Waals surface area contributed by atoms with Gasteiger partial charge in [-0.2, -0.15) is 5.10 Å². The van der Waals surface area contributed by atoms with Crippen molar-refractivity contribution in [3.8, 4) is 0 Å². The normalized spacial score (nSPS) is 26.5. The Kier molecular flexibility index (Phi) is 4.88. The zero-order valence-electron chi connectivity index (χ0n) is 14.7. The number of nitrogens with one attached hydrogen (secondary N) is 1. The van der Waals surface area contributed by atoms with Crippen LogP contribution in [0.25, 0.3) is 5.57 Å². The molecule has 1 heterocycles. The first-order chi connectivity index (χ1) is 11.5. The fourth-order valence-electron chi connectivity index (χ4n) is 3.96. The minimum Gasteiger partial charge on any atom is -0.466 e. The molecule has 3 rings (SSSR count). The van der Waals surface area contributed by atoms with E-state index in [1.54, 1.807) is 6.92 Å². The molecule has 1 aromatic rings. The van der Waals surface area contributed by atoms with E-state index in [4.69, 9.17) is 4.74 Å². The van der Waals surface area contributed by atoms with Crippen LogP contribution < -0.4 is 0 Å². The van der Waals surface area contributed by atoms with Crippen molar-refractivity contribution in [1.82, 2.24) is 10.2 Å². The summed E-state index contributed by atoms with van der Waals surface area (Å²) < 4.78 is 5.18. The number of aromatic amines is 1. The molecule has 0 aromatic carbocycles. The number of ketones is 1. The second-order valence-corrected chi connectivity index (χ2v) is 7.08. The zero-order chi connectivity index (χ0) is 17.3. The lowest BCUT2D eigenvalue weighted by Gasteiger charge is -2.27. The van der Waals surface area contributed by atoms with E-state index >= 15 is 0 Å². The average Bonchev–Trinajstić information content (AvgIpc) is 2.97. The molecule has 3 atom stereocenters. The molecular weight excluding hydrogens is 304 g/mol. The number of carbonyl (C=O) groups excluding carboxylic acids is 2. The van der Waals surface area contributed by atoms with Gasteiger partial charge in [0, 0.05) is 17.2 Å². The van der Waals surface area contributed by atoms with Gasteiger partial charge in [-0.25, -0.2) is 0 Å². The summed E-state index contributed by atoms with van der Waals surface area (Å²) in [6, 6.07) is 0. The maximum atomic E-state index is 12.0. The standard InChI is InChI=1S/C19H26N2O3/c1-4-24-19(23)15-7-6-14(9-11(15)2)18-16-8-5-13(12(3)22)10-17(16)20-21-18/h6,11,13,15H,4-5,7-10H2,1-3H3,(H,20,21)/t11-,13?,15?/m0/s1. The Morgan fingerprint density at radius 1 is 1.38 bits per heavy atom. The van der Waals surface area contributed by atoms with Gasteiger partial charge >= 0.3 is 5.97 Å². The summed E-state index contributed by atoms with van der Waals surface area (Å²) in [5.41, 5.74) is 4.64. The lowest BCUT2D eigenvalue weighted by Crippen LogP contribution is -2.26. The lowest BCUT2D eigenvalue weighted by molar-refractivity contribution is -0.149. The predicted molar refractivity (Wildman–Crippen MR) is 91.3 cm³/mol. The highest BCUT2D eigenvalue weighted by molar-refractivity contribution is 5.79. The fraction of sp³-hybridized carbons (Fsp3) is 0.632. The van der Waals surface area contributed by atoms with Gasteiger partial charge in [-0.05, 0) is 57.4 Å². The molecule has 0 saturated heterocycles. The number of esters is 1. The van der Waals surface area contributed by atoms with Crippen LogP contribution in [0.3, 0.4) is 0 Å². The third-order valence-corrected chi connectivity index (χ3v) is 5.46. The van der Waals surface area contributed by atoms with Crippen LogP contribution in [0.2, 0.25) is 0 Å². The Morgan fingerprint density at radius 3 is 2.83 bits per heavy atom. The molecule has 5 nitrogen and oxygen atoms in total. The molecule has 5 heteroatoms. The first kappa shape index (κ1) is 16.9. The molecule has 0 spiro atoms. The summed E-state index contributed by atoms with van der Waals surface area (Å²) in [4.78, 5) is 23.7. The van der Waals surface area contributed by atoms with Crippen molar-refractivity contribution in [2.75, 3.05) is 6.61 Å². The lowest BCUT2D eigenvalue weighted by atomic mass is 9.78. The largest absolute Gasteiger partial charge is 0.466 e. The fourth-order valence-corrected chi connectivity index (χ4v) is 3.96. The van der Waals surface area contributed by atoms with Gasteiger partial charge in [0.05, 0.1) is 18.2 Å². The zero-order valence-corrected chi connectivity index (χ0v) is 14.7. The van der Waals surface area contributed by atoms with E-state index in [0.717, 1.165) is 37.1 Å². The maximum Gasteiger partial charge on any atom is 0.309 e. The van der Waals surface area contributed by atoms with Crippen LogP contribution in [0.4, 0.5) is 0 Å². The molecule has 130 valence electrons. The Morgan fingerprint density at radius 2 is 2.17 bits per heavy atom. The molecule has 0 aliphatic heterocycles. The van der Waals surface area contributed by atoms with Gasteiger partial charge in [0.25, 0.3) is 0 Å². The molecule has 0 fully saturated rings. The SMILES string of the molecule is CCOC(=O)C1CC=C(c2n[nH]c3c2CCC(C(C)=O)C3)C[C@@H]1C. The van der Waals surface area contributed by atoms with Gasteiger partial charge in [-0.1, -0.05) is 13.0 Å². The number of rotatable bonds is 4. The van der Waals surface area contributed by atoms with Gasteiger partial charge in [-0.15, -0.1) is 0 Å². The Labute approximate surface area is 142 Å². The summed E-state index contributed by atoms with van der Waals surface area (Å²) in [6.07, 6.45) is 6.28. The van der Waals surface area contributed by atoms with Crippen molar-refractivity contribution >= 4 is 17.3 Å². The van der Waals surface area contributed by atoms with E-state index in [2.05, 4.69) is 23.2 Å². The second kappa shape index (κ2) is 6.91. The number of H-pyrrole nitrogens is 1. The smallest absolute Gasteiger partial charge is 0.309 e. The van der Waals surface area contributed by atoms with E-state index in [-0.39, 0.29) is 29.5 Å². The van der Waals surface area contributed by atoms with E-state index in [9.17, 15) is 9.59 Å². The number of Topliss-reactive ketones (excluding diaryl/α,β-unsaturated/α-hetero) is 1. The van der Waals surface area contributed by atoms with E-state index in [1.165, 1.54) is 11.1 Å². The predicted octanol–water partition coefficient (Wildman–Crippen LogP) is 3.10. The molecule has 0 amide bonds. The van der Waals surface area contributed by atoms with Crippen molar-refractivity contribution in [3.05, 3.63) is 23.0 Å². The monoisotopic (exact) mass is 330 g/mol. The Hall–Kier alpha value is -1.91. The molecule has 2 aliphatic carbocycles. The Bertz CT molecular complexity index is 674. The van der Waals surface area contributed by atoms with E-state index in [0.29, 0.717) is 13.0 Å². The summed E-state index contributed by atoms with van der Waals surface area (Å²) in [6.45, 7) is 6.06. The summed E-state index contributed by atoms with van der Waals surface area (Å²) in [5.74, 6) is 0.502. The number of ether oxygens (including phenoxy) is 1. The van der Waals surface area contributed by atoms with Crippen molar-refractivity contribution in [1.29, 1.82) is 0 Å². The highest BCUT2D eigenvalue weighted by Crippen LogP contribution is 2.38. The number of hydrogen-bond acceptors (Lipinski definition) is 4. The molecule has 1 N–H and O–H groups in total. The number of fused-ring (bicyclic) bond motifs is 1. The van der Waals surface area contributed by atoms with Crippen molar-refractivity contribution in [3.63, 3.8) is 0 Å². The molecule has 0 bridgehead atoms. The highest BCUT2D eigenvalue weighted by atomic mass is 16.5. The highest BCUT2D eigenvalue weighted by Gasteiger charge is 2.32. The summed E-state index contributed by atoms with van der Waals surface area (Å²) in [7, 11) is 0. The van der Waals surface area contributed by atoms with Gasteiger partial charge in [0.1, 0.15) is 5.78 Å². The quantitative estimate of drug-likeness (QED) is 0.861. The van der Waals surface area contributed by atoms with E-state index < -0.39 is 0 Å². The number of aromatic nitrogens is 2. The van der Waals surface area contributed by atoms with Crippen molar-refractivity contribution in [2.45, 2.75) is 52.9 Å². The molecule has 0 radical (unpaired) electrons. The maximum absolute atomic E-state index is 12.0. The van der Waals surface area contributed by atoms with Crippen molar-refractivity contribution in [2.24, 2.45) is 17.8 Å². The third kappa shape index (κ3) is 3.17. The van der Waals surface area contributed by atoms with Crippen LogP contribution in [-0.4, -0.2) is 28.6 Å². The molecule has 24 heavy (non-hydrogen) atoms. The molecule has 2 aliphatic rings. The van der Waals surface area contributed by atoms with Crippen molar-refractivity contribution < 1.29 is 14.3 Å². The van der Waals surface area contributed by atoms with Crippen LogP contribution in [0, 0.1) is 17.8 Å². The number of allylic oxidation sites excluding steroid dienone is 2. The third-order valence-electron chi connectivity index (χ3n) is 5.46. The number of nitrogens with zero attached hydrogens (tertiary/aromatic N) is 1. The van der Waals surface area contributed by atoms with Crippen LogP contribution in [0.5, 0.6) is 0 Å². The minimum atomic E-state index is -0.0892. The summed E-state index contributed by atoms with van der Waals surface area (Å²) in [5, 5.41) is 7.68. The van der Waals surface area contributed by atoms with Crippen LogP contribution in [-0.2, 0) is 27.2 Å². The van der Waals surface area contributed by atoms with Gasteiger partial charge in [-0.3, -0.25) is 14.7 Å². The topological polar surface area (TPSA) is 72.0 Å². The molecule has 2 unspecified atom stereocenters. The summed E-state index contributed by atoms with van der Waals surface area (Å²) >= 11 is 0. The van der Waals surface area contributed by atoms with Crippen LogP contribution in [0.1, 0.15) is 57.0 Å². The minimum absolute atomic E-state index is 0.0504. The van der Waals surface area contributed by atoms with Gasteiger partial charge < -0.3 is 4.74 Å². The number of hydrogen-bond donors (Lipinski definition) is 1. The van der Waals surface area contributed by atoms with Gasteiger partial charge in [0.2, 0.25) is 0 Å². The first-order valence-electron chi connectivity index (χ1n) is 8.93. The molecule has 1 aromatic heterocycles. The van der Waals surface area contributed by atoms with E-state index in [1.807, 2.05) is 6.92 Å². The second-order valence-electron chi connectivity index (χ2n) is 7.08. The molecule has 0 saturated carbocycles. The van der Waals surface area contributed by atoms with Gasteiger partial charge in [0.15, 0.2) is 0 Å². The average molecular weight is 330 g/mol. The number of carbonyl (C=O) groups is 2.